The van der Waals surface area contributed by atoms with Crippen molar-refractivity contribution >= 4 is 62.3 Å². The molecule has 0 aromatic heterocycles. The molecule has 0 radical (unpaired) electrons. The number of carbonyl (C=O) groups is 2. The van der Waals surface area contributed by atoms with Gasteiger partial charge in [0.2, 0.25) is 11.8 Å². The normalized spacial score (nSPS) is 14.4. The minimum atomic E-state index is -4.17. The second-order valence-corrected chi connectivity index (χ2v) is 13.1. The van der Waals surface area contributed by atoms with E-state index in [2.05, 4.69) is 5.32 Å². The Balaban J connectivity index is 1.70. The van der Waals surface area contributed by atoms with Gasteiger partial charge in [0.25, 0.3) is 10.0 Å². The van der Waals surface area contributed by atoms with E-state index in [1.165, 1.54) is 29.2 Å². The summed E-state index contributed by atoms with van der Waals surface area (Å²) >= 11 is 18.4. The summed E-state index contributed by atoms with van der Waals surface area (Å²) in [5.41, 5.74) is 0.973. The highest BCUT2D eigenvalue weighted by molar-refractivity contribution is 7.92. The van der Waals surface area contributed by atoms with Gasteiger partial charge < -0.3 is 10.2 Å². The minimum Gasteiger partial charge on any atom is -0.352 e. The molecule has 1 saturated carbocycles. The number of sulfonamides is 1. The quantitative estimate of drug-likeness (QED) is 0.254. The number of para-hydroxylation sites is 1. The lowest BCUT2D eigenvalue weighted by atomic mass is 10.1. The number of nitrogens with zero attached hydrogens (tertiary/aromatic N) is 2. The van der Waals surface area contributed by atoms with Gasteiger partial charge in [-0.05, 0) is 73.4 Å². The van der Waals surface area contributed by atoms with Gasteiger partial charge in [-0.1, -0.05) is 78.8 Å². The molecule has 0 spiro atoms. The van der Waals surface area contributed by atoms with E-state index in [0.717, 1.165) is 30.0 Å². The van der Waals surface area contributed by atoms with Crippen molar-refractivity contribution in [3.05, 3.63) is 93.4 Å². The largest absolute Gasteiger partial charge is 0.352 e. The molecule has 1 fully saturated rings. The topological polar surface area (TPSA) is 86.8 Å². The fourth-order valence-corrected chi connectivity index (χ4v) is 6.84. The monoisotopic (exact) mass is 635 g/mol. The Labute approximate surface area is 256 Å². The molecule has 2 amide bonds. The summed E-state index contributed by atoms with van der Waals surface area (Å²) in [6.45, 7) is 1.34. The standard InChI is InChI=1S/C30H32Cl3N3O4S/c1-2-28(30(38)34-23-8-6-7-9-23)35(19-21-12-17-26(32)27(33)18-21)29(37)20-36(24-10-4-3-5-11-24)41(39,40)25-15-13-22(31)14-16-25/h3-5,10-18,23,28H,2,6-9,19-20H2,1H3,(H,34,38). The van der Waals surface area contributed by atoms with E-state index in [-0.39, 0.29) is 23.4 Å². The predicted octanol–water partition coefficient (Wildman–Crippen LogP) is 6.71. The van der Waals surface area contributed by atoms with Gasteiger partial charge in [0.1, 0.15) is 12.6 Å². The van der Waals surface area contributed by atoms with Crippen molar-refractivity contribution in [3.63, 3.8) is 0 Å². The Morgan fingerprint density at radius 2 is 1.59 bits per heavy atom. The summed E-state index contributed by atoms with van der Waals surface area (Å²) in [7, 11) is -4.17. The van der Waals surface area contributed by atoms with Crippen LogP contribution in [0.5, 0.6) is 0 Å². The van der Waals surface area contributed by atoms with Crippen LogP contribution in [0.1, 0.15) is 44.6 Å². The third-order valence-corrected chi connectivity index (χ3v) is 9.93. The zero-order chi connectivity index (χ0) is 29.6. The van der Waals surface area contributed by atoms with Gasteiger partial charge in [0.05, 0.1) is 20.6 Å². The summed E-state index contributed by atoms with van der Waals surface area (Å²) in [6.07, 6.45) is 4.21. The van der Waals surface area contributed by atoms with E-state index >= 15 is 0 Å². The molecule has 0 saturated heterocycles. The molecule has 4 rings (SSSR count). The van der Waals surface area contributed by atoms with Crippen LogP contribution < -0.4 is 9.62 Å². The first-order chi connectivity index (χ1) is 19.6. The number of halogens is 3. The first-order valence-corrected chi connectivity index (χ1v) is 16.0. The van der Waals surface area contributed by atoms with E-state index < -0.39 is 28.5 Å². The molecule has 1 N–H and O–H groups in total. The summed E-state index contributed by atoms with van der Waals surface area (Å²) in [5.74, 6) is -0.800. The third-order valence-electron chi connectivity index (χ3n) is 7.15. The van der Waals surface area contributed by atoms with E-state index in [4.69, 9.17) is 34.8 Å². The van der Waals surface area contributed by atoms with Crippen molar-refractivity contribution in [1.82, 2.24) is 10.2 Å². The fraction of sp³-hybridized carbons (Fsp3) is 0.333. The highest BCUT2D eigenvalue weighted by Gasteiger charge is 2.34. The summed E-state index contributed by atoms with van der Waals surface area (Å²) < 4.78 is 28.8. The van der Waals surface area contributed by atoms with E-state index in [0.29, 0.717) is 32.7 Å². The molecule has 218 valence electrons. The lowest BCUT2D eigenvalue weighted by Crippen LogP contribution is -2.53. The molecule has 0 bridgehead atoms. The van der Waals surface area contributed by atoms with Crippen LogP contribution in [0.3, 0.4) is 0 Å². The van der Waals surface area contributed by atoms with Crippen LogP contribution in [0.4, 0.5) is 5.69 Å². The van der Waals surface area contributed by atoms with Crippen LogP contribution in [-0.2, 0) is 26.2 Å². The summed E-state index contributed by atoms with van der Waals surface area (Å²) in [4.78, 5) is 29.0. The number of carbonyl (C=O) groups excluding carboxylic acids is 2. The first kappa shape index (κ1) is 31.2. The van der Waals surface area contributed by atoms with Crippen LogP contribution in [0.2, 0.25) is 15.1 Å². The maximum absolute atomic E-state index is 14.1. The fourth-order valence-electron chi connectivity index (χ4n) is 4.98. The van der Waals surface area contributed by atoms with Crippen LogP contribution in [0, 0.1) is 0 Å². The van der Waals surface area contributed by atoms with Crippen LogP contribution in [-0.4, -0.2) is 43.8 Å². The van der Waals surface area contributed by atoms with Gasteiger partial charge in [-0.25, -0.2) is 8.42 Å². The number of hydrogen-bond donors (Lipinski definition) is 1. The molecule has 41 heavy (non-hydrogen) atoms. The Kier molecular flexibility index (Phi) is 10.6. The second kappa shape index (κ2) is 13.9. The SMILES string of the molecule is CCC(C(=O)NC1CCCC1)N(Cc1ccc(Cl)c(Cl)c1)C(=O)CN(c1ccccc1)S(=O)(=O)c1ccc(Cl)cc1. The molecular weight excluding hydrogens is 605 g/mol. The van der Waals surface area contributed by atoms with Crippen molar-refractivity contribution in [2.24, 2.45) is 0 Å². The van der Waals surface area contributed by atoms with Gasteiger partial charge >= 0.3 is 0 Å². The predicted molar refractivity (Wildman–Crippen MR) is 164 cm³/mol. The molecule has 0 aliphatic heterocycles. The molecule has 3 aromatic rings. The molecule has 11 heteroatoms. The highest BCUT2D eigenvalue weighted by Crippen LogP contribution is 2.27. The second-order valence-electron chi connectivity index (χ2n) is 9.99. The lowest BCUT2D eigenvalue weighted by Gasteiger charge is -2.33. The van der Waals surface area contributed by atoms with Gasteiger partial charge in [-0.15, -0.1) is 0 Å². The van der Waals surface area contributed by atoms with Crippen LogP contribution in [0.15, 0.2) is 77.7 Å². The Morgan fingerprint density at radius 3 is 2.20 bits per heavy atom. The van der Waals surface area contributed by atoms with Gasteiger partial charge in [-0.3, -0.25) is 13.9 Å². The number of anilines is 1. The number of amides is 2. The number of nitrogens with one attached hydrogen (secondary N) is 1. The Morgan fingerprint density at radius 1 is 0.927 bits per heavy atom. The zero-order valence-corrected chi connectivity index (χ0v) is 25.7. The molecule has 1 unspecified atom stereocenters. The third kappa shape index (κ3) is 7.74. The molecule has 1 atom stereocenters. The molecule has 7 nitrogen and oxygen atoms in total. The average molecular weight is 637 g/mol. The van der Waals surface area contributed by atoms with E-state index in [1.807, 2.05) is 6.92 Å². The number of benzene rings is 3. The first-order valence-electron chi connectivity index (χ1n) is 13.5. The van der Waals surface area contributed by atoms with Gasteiger partial charge in [0, 0.05) is 17.6 Å². The molecule has 1 aliphatic carbocycles. The maximum Gasteiger partial charge on any atom is 0.264 e. The average Bonchev–Trinajstić information content (AvgIpc) is 3.47. The van der Waals surface area contributed by atoms with Crippen molar-refractivity contribution < 1.29 is 18.0 Å². The number of rotatable bonds is 11. The Bertz CT molecular complexity index is 1460. The van der Waals surface area contributed by atoms with Gasteiger partial charge in [-0.2, -0.15) is 0 Å². The summed E-state index contributed by atoms with van der Waals surface area (Å²) in [6, 6.07) is 18.4. The smallest absolute Gasteiger partial charge is 0.264 e. The minimum absolute atomic E-state index is 0.0133. The van der Waals surface area contributed by atoms with Crippen LogP contribution >= 0.6 is 34.8 Å². The molecule has 0 heterocycles. The van der Waals surface area contributed by atoms with E-state index in [9.17, 15) is 18.0 Å². The molecule has 1 aliphatic rings. The van der Waals surface area contributed by atoms with Crippen molar-refractivity contribution in [1.29, 1.82) is 0 Å². The number of hydrogen-bond acceptors (Lipinski definition) is 4. The van der Waals surface area contributed by atoms with Crippen molar-refractivity contribution in [3.8, 4) is 0 Å². The lowest BCUT2D eigenvalue weighted by molar-refractivity contribution is -0.140. The summed E-state index contributed by atoms with van der Waals surface area (Å²) in [5, 5.41) is 4.16. The highest BCUT2D eigenvalue weighted by atomic mass is 35.5. The van der Waals surface area contributed by atoms with Crippen LogP contribution in [0.25, 0.3) is 0 Å². The van der Waals surface area contributed by atoms with Gasteiger partial charge in [0.15, 0.2) is 0 Å². The van der Waals surface area contributed by atoms with E-state index in [1.54, 1.807) is 48.5 Å². The van der Waals surface area contributed by atoms with Crippen molar-refractivity contribution in [2.75, 3.05) is 10.8 Å². The maximum atomic E-state index is 14.1. The molecular formula is C30H32Cl3N3O4S. The van der Waals surface area contributed by atoms with Crippen molar-refractivity contribution in [2.45, 2.75) is 62.6 Å². The zero-order valence-electron chi connectivity index (χ0n) is 22.6. The molecule has 3 aromatic carbocycles. The Hall–Kier alpha value is -2.78.